The maximum Gasteiger partial charge on any atom is 0.00685 e. The molecule has 0 amide bonds. The van der Waals surface area contributed by atoms with Crippen molar-refractivity contribution in [3.05, 3.63) is 42.6 Å². The van der Waals surface area contributed by atoms with Gasteiger partial charge in [-0.1, -0.05) is 6.07 Å². The van der Waals surface area contributed by atoms with Crippen LogP contribution in [0, 0.1) is 6.07 Å². The number of benzene rings is 1. The molecule has 0 fully saturated rings. The molecule has 0 atom stereocenters. The van der Waals surface area contributed by atoms with Gasteiger partial charge in [-0.15, -0.1) is 35.7 Å². The Hall–Kier alpha value is -0.266. The van der Waals surface area contributed by atoms with Crippen molar-refractivity contribution in [3.8, 4) is 0 Å². The van der Waals surface area contributed by atoms with Crippen molar-refractivity contribution in [1.29, 1.82) is 0 Å². The molecule has 1 heterocycles. The molecule has 0 aliphatic carbocycles. The van der Waals surface area contributed by atoms with Crippen LogP contribution in [0.1, 0.15) is 0 Å². The van der Waals surface area contributed by atoms with Crippen LogP contribution in [-0.4, -0.2) is 4.98 Å². The number of hydrogen-bond acceptors (Lipinski definition) is 1. The number of aromatic nitrogens is 1. The molecule has 1 aromatic heterocycles. The van der Waals surface area contributed by atoms with Gasteiger partial charge in [0.25, 0.3) is 0 Å². The van der Waals surface area contributed by atoms with Gasteiger partial charge in [0.05, 0.1) is 0 Å². The molecule has 11 heavy (non-hydrogen) atoms. The summed E-state index contributed by atoms with van der Waals surface area (Å²) >= 11 is 0. The zero-order valence-electron chi connectivity index (χ0n) is 5.99. The van der Waals surface area contributed by atoms with Crippen LogP contribution < -0.4 is 0 Å². The minimum atomic E-state index is 0. The van der Waals surface area contributed by atoms with Crippen LogP contribution >= 0.6 is 0 Å². The first-order valence-corrected chi connectivity index (χ1v) is 3.18. The van der Waals surface area contributed by atoms with E-state index < -0.39 is 0 Å². The van der Waals surface area contributed by atoms with Gasteiger partial charge in [0.15, 0.2) is 0 Å². The molecule has 0 aliphatic rings. The van der Waals surface area contributed by atoms with Crippen LogP contribution in [-0.2, 0) is 32.7 Å². The third-order valence-corrected chi connectivity index (χ3v) is 1.43. The summed E-state index contributed by atoms with van der Waals surface area (Å²) in [5, 5.41) is 1.07. The Labute approximate surface area is 90.7 Å². The standard InChI is InChI=1S/C9H6N.Y/c1-2-6-9-8(4-1)5-3-7-10-9;/h1-3,5-7H;/q-1;. The Balaban J connectivity index is 0.000000605. The van der Waals surface area contributed by atoms with Gasteiger partial charge in [-0.3, -0.25) is 0 Å². The van der Waals surface area contributed by atoms with Crippen molar-refractivity contribution in [2.24, 2.45) is 0 Å². The molecule has 2 rings (SSSR count). The Morgan fingerprint density at radius 1 is 1.18 bits per heavy atom. The Kier molecular flexibility index (Phi) is 3.16. The normalized spacial score (nSPS) is 9.09. The van der Waals surface area contributed by atoms with E-state index in [4.69, 9.17) is 0 Å². The number of nitrogens with zero attached hydrogens (tertiary/aromatic N) is 1. The van der Waals surface area contributed by atoms with Crippen LogP contribution in [0.25, 0.3) is 10.9 Å². The van der Waals surface area contributed by atoms with Crippen LogP contribution in [0.4, 0.5) is 0 Å². The van der Waals surface area contributed by atoms with E-state index in [1.165, 1.54) is 0 Å². The van der Waals surface area contributed by atoms with E-state index >= 15 is 0 Å². The first kappa shape index (κ1) is 8.83. The molecule has 0 saturated carbocycles. The maximum atomic E-state index is 4.15. The topological polar surface area (TPSA) is 12.9 Å². The molecule has 1 nitrogen and oxygen atoms in total. The van der Waals surface area contributed by atoms with E-state index in [1.807, 2.05) is 30.3 Å². The summed E-state index contributed by atoms with van der Waals surface area (Å²) in [4.78, 5) is 4.15. The van der Waals surface area contributed by atoms with E-state index in [2.05, 4.69) is 11.1 Å². The molecule has 2 aromatic rings. The quantitative estimate of drug-likeness (QED) is 0.615. The van der Waals surface area contributed by atoms with E-state index in [-0.39, 0.29) is 32.7 Å². The second kappa shape index (κ2) is 3.94. The van der Waals surface area contributed by atoms with E-state index in [0.717, 1.165) is 10.9 Å². The van der Waals surface area contributed by atoms with Crippen LogP contribution in [0.15, 0.2) is 36.5 Å². The Bertz CT molecular complexity index is 281. The zero-order chi connectivity index (χ0) is 6.81. The second-order valence-corrected chi connectivity index (χ2v) is 2.11. The summed E-state index contributed by atoms with van der Waals surface area (Å²) in [5.74, 6) is 0. The number of pyridine rings is 1. The molecule has 1 aromatic carbocycles. The maximum absolute atomic E-state index is 4.15. The van der Waals surface area contributed by atoms with Crippen molar-refractivity contribution in [2.45, 2.75) is 0 Å². The van der Waals surface area contributed by atoms with Crippen LogP contribution in [0.3, 0.4) is 0 Å². The Morgan fingerprint density at radius 2 is 2.09 bits per heavy atom. The van der Waals surface area contributed by atoms with Gasteiger partial charge in [-0.05, 0) is 5.52 Å². The fourth-order valence-electron chi connectivity index (χ4n) is 0.950. The molecule has 1 radical (unpaired) electrons. The first-order valence-electron chi connectivity index (χ1n) is 3.18. The largest absolute Gasteiger partial charge is 0.306 e. The first-order chi connectivity index (χ1) is 4.97. The van der Waals surface area contributed by atoms with Crippen molar-refractivity contribution in [3.63, 3.8) is 0 Å². The fraction of sp³-hybridized carbons (Fsp3) is 0. The van der Waals surface area contributed by atoms with Gasteiger partial charge in [-0.2, -0.15) is 0 Å². The van der Waals surface area contributed by atoms with Crippen molar-refractivity contribution >= 4 is 10.9 Å². The molecule has 51 valence electrons. The van der Waals surface area contributed by atoms with Gasteiger partial charge < -0.3 is 4.98 Å². The molecular formula is C9H6NY-. The monoisotopic (exact) mass is 217 g/mol. The smallest absolute Gasteiger partial charge is 0.00685 e. The summed E-state index contributed by atoms with van der Waals surface area (Å²) in [5.41, 5.74) is 1.00. The molecule has 0 bridgehead atoms. The molecule has 2 heteroatoms. The minimum Gasteiger partial charge on any atom is -0.306 e. The fourth-order valence-corrected chi connectivity index (χ4v) is 0.950. The van der Waals surface area contributed by atoms with Crippen molar-refractivity contribution < 1.29 is 32.7 Å². The van der Waals surface area contributed by atoms with E-state index in [0.29, 0.717) is 0 Å². The van der Waals surface area contributed by atoms with Gasteiger partial charge in [-0.25, -0.2) is 0 Å². The predicted molar refractivity (Wildman–Crippen MR) is 40.6 cm³/mol. The van der Waals surface area contributed by atoms with Crippen LogP contribution in [0.5, 0.6) is 0 Å². The number of hydrogen-bond donors (Lipinski definition) is 0. The summed E-state index contributed by atoms with van der Waals surface area (Å²) in [6.45, 7) is 0. The molecule has 0 N–H and O–H groups in total. The van der Waals surface area contributed by atoms with E-state index in [1.54, 1.807) is 6.20 Å². The summed E-state index contributed by atoms with van der Waals surface area (Å²) in [7, 11) is 0. The van der Waals surface area contributed by atoms with Crippen molar-refractivity contribution in [1.82, 2.24) is 4.98 Å². The summed E-state index contributed by atoms with van der Waals surface area (Å²) < 4.78 is 0. The molecule has 0 aliphatic heterocycles. The summed E-state index contributed by atoms with van der Waals surface area (Å²) in [6, 6.07) is 12.8. The zero-order valence-corrected chi connectivity index (χ0v) is 8.83. The average molecular weight is 217 g/mol. The predicted octanol–water partition coefficient (Wildman–Crippen LogP) is 2.03. The second-order valence-electron chi connectivity index (χ2n) is 2.11. The van der Waals surface area contributed by atoms with E-state index in [9.17, 15) is 0 Å². The number of rotatable bonds is 0. The molecule has 0 spiro atoms. The van der Waals surface area contributed by atoms with Gasteiger partial charge in [0, 0.05) is 38.9 Å². The summed E-state index contributed by atoms with van der Waals surface area (Å²) in [6.07, 6.45) is 1.79. The van der Waals surface area contributed by atoms with Gasteiger partial charge in [0.1, 0.15) is 0 Å². The van der Waals surface area contributed by atoms with Crippen LogP contribution in [0.2, 0.25) is 0 Å². The molecule has 0 unspecified atom stereocenters. The molecular weight excluding hydrogens is 211 g/mol. The Morgan fingerprint density at radius 3 is 2.91 bits per heavy atom. The number of fused-ring (bicyclic) bond motifs is 1. The molecule has 0 saturated heterocycles. The third kappa shape index (κ3) is 1.85. The van der Waals surface area contributed by atoms with Crippen molar-refractivity contribution in [2.75, 3.05) is 0 Å². The SMILES string of the molecule is [Y].[c-]1cccc2ncccc12. The van der Waals surface area contributed by atoms with Gasteiger partial charge >= 0.3 is 0 Å². The third-order valence-electron chi connectivity index (χ3n) is 1.43. The van der Waals surface area contributed by atoms with Gasteiger partial charge in [0.2, 0.25) is 0 Å². The minimum absolute atomic E-state index is 0. The average Bonchev–Trinajstić information content (AvgIpc) is 2.05.